The van der Waals surface area contributed by atoms with Crippen LogP contribution in [-0.4, -0.2) is 12.9 Å². The van der Waals surface area contributed by atoms with E-state index < -0.39 is 0 Å². The van der Waals surface area contributed by atoms with Gasteiger partial charge in [0.05, 0.1) is 0 Å². The van der Waals surface area contributed by atoms with Crippen LogP contribution in [0, 0.1) is 0 Å². The third kappa shape index (κ3) is 1.54. The van der Waals surface area contributed by atoms with E-state index in [0.29, 0.717) is 6.61 Å². The van der Waals surface area contributed by atoms with E-state index in [1.807, 2.05) is 24.3 Å². The Hall–Kier alpha value is -2.42. The zero-order valence-corrected chi connectivity index (χ0v) is 11.4. The summed E-state index contributed by atoms with van der Waals surface area (Å²) in [6, 6.07) is 12.3. The van der Waals surface area contributed by atoms with Gasteiger partial charge in [-0.25, -0.2) is 0 Å². The van der Waals surface area contributed by atoms with Crippen LogP contribution in [0.25, 0.3) is 6.08 Å². The largest absolute Gasteiger partial charge is 0.488 e. The quantitative estimate of drug-likeness (QED) is 0.735. The lowest BCUT2D eigenvalue weighted by atomic mass is 9.82. The van der Waals surface area contributed by atoms with Gasteiger partial charge < -0.3 is 14.2 Å². The highest BCUT2D eigenvalue weighted by molar-refractivity contribution is 5.68. The van der Waals surface area contributed by atoms with Crippen molar-refractivity contribution in [1.29, 1.82) is 0 Å². The van der Waals surface area contributed by atoms with Crippen molar-refractivity contribution in [3.8, 4) is 17.2 Å². The third-order valence-corrected chi connectivity index (χ3v) is 4.40. The molecule has 0 saturated heterocycles. The topological polar surface area (TPSA) is 27.7 Å². The number of benzene rings is 2. The average molecular weight is 278 g/mol. The van der Waals surface area contributed by atoms with Crippen molar-refractivity contribution in [3.05, 3.63) is 59.2 Å². The summed E-state index contributed by atoms with van der Waals surface area (Å²) >= 11 is 0. The first-order valence-electron chi connectivity index (χ1n) is 7.28. The molecule has 0 saturated carbocycles. The van der Waals surface area contributed by atoms with Gasteiger partial charge in [-0.05, 0) is 24.3 Å². The zero-order chi connectivity index (χ0) is 13.8. The van der Waals surface area contributed by atoms with Gasteiger partial charge in [-0.1, -0.05) is 24.3 Å². The molecule has 3 aliphatic heterocycles. The molecular formula is C18H14O3. The first-order chi connectivity index (χ1) is 10.4. The lowest BCUT2D eigenvalue weighted by Gasteiger charge is -2.39. The summed E-state index contributed by atoms with van der Waals surface area (Å²) in [4.78, 5) is 0. The molecule has 0 amide bonds. The number of hydrogen-bond acceptors (Lipinski definition) is 3. The normalized spacial score (nSPS) is 23.8. The van der Waals surface area contributed by atoms with E-state index in [1.54, 1.807) is 0 Å². The molecule has 2 atom stereocenters. The van der Waals surface area contributed by atoms with Crippen LogP contribution in [0.5, 0.6) is 17.2 Å². The Kier molecular flexibility index (Phi) is 2.17. The second kappa shape index (κ2) is 4.04. The SMILES string of the molecule is C1=Cc2ccc3c(c2OC1)C1CC(Oc2ccccc21)O3. The van der Waals surface area contributed by atoms with Gasteiger partial charge in [0.1, 0.15) is 23.9 Å². The number of rotatable bonds is 0. The Labute approximate surface area is 122 Å². The summed E-state index contributed by atoms with van der Waals surface area (Å²) in [5, 5.41) is 0. The number of fused-ring (bicyclic) bond motifs is 8. The maximum atomic E-state index is 6.00. The predicted molar refractivity (Wildman–Crippen MR) is 78.9 cm³/mol. The van der Waals surface area contributed by atoms with Crippen LogP contribution in [0.2, 0.25) is 0 Å². The van der Waals surface area contributed by atoms with E-state index in [0.717, 1.165) is 29.2 Å². The van der Waals surface area contributed by atoms with Crippen molar-refractivity contribution >= 4 is 6.08 Å². The van der Waals surface area contributed by atoms with Crippen molar-refractivity contribution in [2.45, 2.75) is 18.6 Å². The van der Waals surface area contributed by atoms with Crippen LogP contribution in [0.15, 0.2) is 42.5 Å². The highest BCUT2D eigenvalue weighted by Gasteiger charge is 2.39. The van der Waals surface area contributed by atoms with Crippen LogP contribution in [0.3, 0.4) is 0 Å². The Bertz CT molecular complexity index is 763. The van der Waals surface area contributed by atoms with Gasteiger partial charge in [-0.2, -0.15) is 0 Å². The Morgan fingerprint density at radius 1 is 0.952 bits per heavy atom. The van der Waals surface area contributed by atoms with Gasteiger partial charge in [-0.3, -0.25) is 0 Å². The van der Waals surface area contributed by atoms with Crippen molar-refractivity contribution < 1.29 is 14.2 Å². The van der Waals surface area contributed by atoms with Crippen molar-refractivity contribution in [1.82, 2.24) is 0 Å². The fourth-order valence-corrected chi connectivity index (χ4v) is 3.50. The molecule has 0 N–H and O–H groups in total. The highest BCUT2D eigenvalue weighted by Crippen LogP contribution is 2.52. The molecule has 0 aliphatic carbocycles. The van der Waals surface area contributed by atoms with Gasteiger partial charge in [-0.15, -0.1) is 0 Å². The average Bonchev–Trinajstić information content (AvgIpc) is 2.54. The summed E-state index contributed by atoms with van der Waals surface area (Å²) < 4.78 is 17.8. The van der Waals surface area contributed by atoms with Crippen molar-refractivity contribution in [2.75, 3.05) is 6.61 Å². The first kappa shape index (κ1) is 11.3. The zero-order valence-electron chi connectivity index (χ0n) is 11.4. The number of hydrogen-bond donors (Lipinski definition) is 0. The molecule has 0 radical (unpaired) electrons. The fourth-order valence-electron chi connectivity index (χ4n) is 3.50. The Morgan fingerprint density at radius 2 is 1.86 bits per heavy atom. The molecule has 3 aliphatic rings. The molecule has 0 spiro atoms. The monoisotopic (exact) mass is 278 g/mol. The summed E-state index contributed by atoms with van der Waals surface area (Å²) in [5.74, 6) is 3.06. The second-order valence-corrected chi connectivity index (χ2v) is 5.60. The van der Waals surface area contributed by atoms with E-state index in [4.69, 9.17) is 14.2 Å². The summed E-state index contributed by atoms with van der Waals surface area (Å²) in [5.41, 5.74) is 3.53. The van der Waals surface area contributed by atoms with Gasteiger partial charge >= 0.3 is 0 Å². The van der Waals surface area contributed by atoms with E-state index in [1.165, 1.54) is 11.1 Å². The smallest absolute Gasteiger partial charge is 0.242 e. The van der Waals surface area contributed by atoms with Crippen molar-refractivity contribution in [2.24, 2.45) is 0 Å². The van der Waals surface area contributed by atoms with Crippen LogP contribution in [0.4, 0.5) is 0 Å². The molecule has 5 rings (SSSR count). The van der Waals surface area contributed by atoms with Crippen LogP contribution < -0.4 is 14.2 Å². The van der Waals surface area contributed by atoms with Gasteiger partial charge in [0.25, 0.3) is 0 Å². The van der Waals surface area contributed by atoms with Crippen LogP contribution in [0.1, 0.15) is 29.0 Å². The van der Waals surface area contributed by atoms with Crippen molar-refractivity contribution in [3.63, 3.8) is 0 Å². The minimum Gasteiger partial charge on any atom is -0.488 e. The number of ether oxygens (including phenoxy) is 3. The maximum Gasteiger partial charge on any atom is 0.242 e. The Balaban J connectivity index is 1.77. The van der Waals surface area contributed by atoms with E-state index in [-0.39, 0.29) is 12.2 Å². The molecule has 3 heterocycles. The molecule has 2 aromatic carbocycles. The molecule has 2 unspecified atom stereocenters. The van der Waals surface area contributed by atoms with Gasteiger partial charge in [0.15, 0.2) is 0 Å². The van der Waals surface area contributed by atoms with Crippen LogP contribution in [-0.2, 0) is 0 Å². The molecule has 2 aromatic rings. The Morgan fingerprint density at radius 3 is 2.86 bits per heavy atom. The van der Waals surface area contributed by atoms with E-state index in [9.17, 15) is 0 Å². The van der Waals surface area contributed by atoms with Gasteiger partial charge in [0.2, 0.25) is 6.29 Å². The molecule has 3 nitrogen and oxygen atoms in total. The fraction of sp³-hybridized carbons (Fsp3) is 0.222. The second-order valence-electron chi connectivity index (χ2n) is 5.60. The molecule has 104 valence electrons. The standard InChI is InChI=1S/C18H14O3/c1-2-6-14-12(5-1)13-10-16(20-14)21-15-8-7-11-4-3-9-19-18(11)17(13)15/h1-8,13,16H,9-10H2. The molecule has 21 heavy (non-hydrogen) atoms. The molecule has 2 bridgehead atoms. The lowest BCUT2D eigenvalue weighted by Crippen LogP contribution is -2.35. The third-order valence-electron chi connectivity index (χ3n) is 4.40. The highest BCUT2D eigenvalue weighted by atomic mass is 16.7. The minimum atomic E-state index is -0.199. The lowest BCUT2D eigenvalue weighted by molar-refractivity contribution is -0.0270. The van der Waals surface area contributed by atoms with E-state index >= 15 is 0 Å². The molecule has 0 aromatic heterocycles. The van der Waals surface area contributed by atoms with Crippen LogP contribution >= 0.6 is 0 Å². The minimum absolute atomic E-state index is 0.199. The summed E-state index contributed by atoms with van der Waals surface area (Å²) in [6.45, 7) is 0.623. The van der Waals surface area contributed by atoms with Gasteiger partial charge in [0, 0.05) is 29.0 Å². The first-order valence-corrected chi connectivity index (χ1v) is 7.28. The summed E-state index contributed by atoms with van der Waals surface area (Å²) in [7, 11) is 0. The predicted octanol–water partition coefficient (Wildman–Crippen LogP) is 3.73. The summed E-state index contributed by atoms with van der Waals surface area (Å²) in [6.07, 6.45) is 4.80. The molecular weight excluding hydrogens is 264 g/mol. The molecule has 3 heteroatoms. The maximum absolute atomic E-state index is 6.00. The number of para-hydroxylation sites is 1. The molecule has 0 fully saturated rings. The van der Waals surface area contributed by atoms with E-state index in [2.05, 4.69) is 24.3 Å².